The van der Waals surface area contributed by atoms with Gasteiger partial charge in [-0.05, 0) is 31.4 Å². The molecule has 4 nitrogen and oxygen atoms in total. The molecule has 0 aliphatic heterocycles. The monoisotopic (exact) mass is 285 g/mol. The third-order valence-electron chi connectivity index (χ3n) is 4.07. The topological polar surface area (TPSA) is 41.3 Å². The van der Waals surface area contributed by atoms with E-state index < -0.39 is 0 Å². The number of aliphatic hydroxyl groups is 1. The fourth-order valence-electron chi connectivity index (χ4n) is 2.67. The van der Waals surface area contributed by atoms with Crippen molar-refractivity contribution >= 4 is 0 Å². The van der Waals surface area contributed by atoms with E-state index in [1.165, 1.54) is 18.4 Å². The van der Waals surface area contributed by atoms with Crippen LogP contribution in [0.5, 0.6) is 0 Å². The molecule has 0 spiro atoms. The lowest BCUT2D eigenvalue weighted by molar-refractivity contribution is 0.103. The smallest absolute Gasteiger partial charge is 0.123 e. The van der Waals surface area contributed by atoms with E-state index in [0.29, 0.717) is 5.92 Å². The Kier molecular flexibility index (Phi) is 4.36. The Labute approximate surface area is 126 Å². The van der Waals surface area contributed by atoms with Gasteiger partial charge in [0, 0.05) is 25.5 Å². The first kappa shape index (κ1) is 14.3. The number of nitrogens with zero attached hydrogens (tertiary/aromatic N) is 3. The van der Waals surface area contributed by atoms with Crippen molar-refractivity contribution in [2.75, 3.05) is 13.6 Å². The van der Waals surface area contributed by atoms with Crippen LogP contribution in [-0.2, 0) is 13.1 Å². The van der Waals surface area contributed by atoms with Gasteiger partial charge in [-0.2, -0.15) is 0 Å². The van der Waals surface area contributed by atoms with Gasteiger partial charge in [0.1, 0.15) is 5.82 Å². The Bertz CT molecular complexity index is 562. The third kappa shape index (κ3) is 3.93. The molecule has 0 amide bonds. The van der Waals surface area contributed by atoms with E-state index in [0.717, 1.165) is 25.5 Å². The van der Waals surface area contributed by atoms with Crippen LogP contribution in [0.2, 0.25) is 0 Å². The van der Waals surface area contributed by atoms with Crippen molar-refractivity contribution in [1.82, 2.24) is 14.5 Å². The average Bonchev–Trinajstić information content (AvgIpc) is 3.24. The summed E-state index contributed by atoms with van der Waals surface area (Å²) in [4.78, 5) is 6.62. The van der Waals surface area contributed by atoms with Gasteiger partial charge < -0.3 is 9.67 Å². The van der Waals surface area contributed by atoms with Crippen LogP contribution in [0.1, 0.15) is 24.2 Å². The largest absolute Gasteiger partial charge is 0.392 e. The minimum atomic E-state index is -0.187. The quantitative estimate of drug-likeness (QED) is 0.847. The lowest BCUT2D eigenvalue weighted by Gasteiger charge is -2.20. The summed E-state index contributed by atoms with van der Waals surface area (Å²) in [6.07, 6.45) is 6.04. The predicted octanol–water partition coefficient (Wildman–Crippen LogP) is 2.13. The summed E-state index contributed by atoms with van der Waals surface area (Å²) in [5.41, 5.74) is 1.28. The van der Waals surface area contributed by atoms with E-state index in [-0.39, 0.29) is 6.10 Å². The van der Waals surface area contributed by atoms with Crippen LogP contribution in [0.15, 0.2) is 42.7 Å². The van der Waals surface area contributed by atoms with Gasteiger partial charge >= 0.3 is 0 Å². The molecule has 1 aliphatic carbocycles. The zero-order valence-electron chi connectivity index (χ0n) is 12.5. The normalized spacial score (nSPS) is 16.3. The van der Waals surface area contributed by atoms with Gasteiger partial charge in [0.15, 0.2) is 0 Å². The molecule has 1 fully saturated rings. The molecule has 4 heteroatoms. The van der Waals surface area contributed by atoms with E-state index in [9.17, 15) is 5.11 Å². The first-order valence-corrected chi connectivity index (χ1v) is 7.63. The van der Waals surface area contributed by atoms with Gasteiger partial charge in [-0.1, -0.05) is 30.3 Å². The van der Waals surface area contributed by atoms with Crippen molar-refractivity contribution in [3.8, 4) is 0 Å². The third-order valence-corrected chi connectivity index (χ3v) is 4.07. The molecule has 3 rings (SSSR count). The molecule has 1 aromatic carbocycles. The minimum Gasteiger partial charge on any atom is -0.392 e. The van der Waals surface area contributed by atoms with Gasteiger partial charge in [0.2, 0.25) is 0 Å². The van der Waals surface area contributed by atoms with Crippen molar-refractivity contribution in [1.29, 1.82) is 0 Å². The molecule has 0 radical (unpaired) electrons. The van der Waals surface area contributed by atoms with Crippen LogP contribution in [0, 0.1) is 5.92 Å². The molecule has 1 atom stereocenters. The Hall–Kier alpha value is -1.65. The summed E-state index contributed by atoms with van der Waals surface area (Å²) < 4.78 is 2.18. The van der Waals surface area contributed by atoms with Gasteiger partial charge in [0.05, 0.1) is 12.6 Å². The summed E-state index contributed by atoms with van der Waals surface area (Å²) in [5.74, 6) is 1.57. The fraction of sp³-hybridized carbons (Fsp3) is 0.471. The SMILES string of the molecule is CN(Cc1nccn1Cc1ccccc1)CC(O)C1CC1. The van der Waals surface area contributed by atoms with Crippen molar-refractivity contribution < 1.29 is 5.11 Å². The summed E-state index contributed by atoms with van der Waals surface area (Å²) in [6.45, 7) is 2.33. The number of imidazole rings is 1. The van der Waals surface area contributed by atoms with Crippen LogP contribution >= 0.6 is 0 Å². The van der Waals surface area contributed by atoms with Crippen molar-refractivity contribution in [3.63, 3.8) is 0 Å². The van der Waals surface area contributed by atoms with Crippen LogP contribution in [-0.4, -0.2) is 39.3 Å². The van der Waals surface area contributed by atoms with E-state index in [2.05, 4.69) is 38.7 Å². The number of hydrogen-bond donors (Lipinski definition) is 1. The Morgan fingerprint density at radius 1 is 1.33 bits per heavy atom. The molecule has 1 N–H and O–H groups in total. The standard InChI is InChI=1S/C17H23N3O/c1-19(12-16(21)15-7-8-15)13-17-18-9-10-20(17)11-14-5-3-2-4-6-14/h2-6,9-10,15-16,21H,7-8,11-13H2,1H3. The molecule has 1 aliphatic rings. The second kappa shape index (κ2) is 6.41. The maximum Gasteiger partial charge on any atom is 0.123 e. The lowest BCUT2D eigenvalue weighted by atomic mass is 10.2. The number of aliphatic hydroxyl groups excluding tert-OH is 1. The number of likely N-dealkylation sites (N-methyl/N-ethyl adjacent to an activating group) is 1. The van der Waals surface area contributed by atoms with Gasteiger partial charge in [0.25, 0.3) is 0 Å². The number of benzene rings is 1. The summed E-state index contributed by atoms with van der Waals surface area (Å²) in [5, 5.41) is 10.0. The molecule has 2 aromatic rings. The van der Waals surface area contributed by atoms with Crippen molar-refractivity contribution in [3.05, 3.63) is 54.1 Å². The van der Waals surface area contributed by atoms with E-state index >= 15 is 0 Å². The van der Waals surface area contributed by atoms with E-state index in [1.807, 2.05) is 25.5 Å². The fourth-order valence-corrected chi connectivity index (χ4v) is 2.67. The Morgan fingerprint density at radius 3 is 2.81 bits per heavy atom. The predicted molar refractivity (Wildman–Crippen MR) is 82.8 cm³/mol. The molecule has 1 unspecified atom stereocenters. The Morgan fingerprint density at radius 2 is 2.10 bits per heavy atom. The van der Waals surface area contributed by atoms with Crippen LogP contribution in [0.4, 0.5) is 0 Å². The van der Waals surface area contributed by atoms with Crippen LogP contribution < -0.4 is 0 Å². The maximum atomic E-state index is 10.0. The highest BCUT2D eigenvalue weighted by molar-refractivity contribution is 5.15. The molecule has 1 saturated carbocycles. The molecule has 112 valence electrons. The molecular weight excluding hydrogens is 262 g/mol. The second-order valence-corrected chi connectivity index (χ2v) is 6.06. The minimum absolute atomic E-state index is 0.187. The van der Waals surface area contributed by atoms with Gasteiger partial charge in [-0.15, -0.1) is 0 Å². The van der Waals surface area contributed by atoms with Crippen LogP contribution in [0.3, 0.4) is 0 Å². The summed E-state index contributed by atoms with van der Waals surface area (Å²) in [6, 6.07) is 10.4. The number of aromatic nitrogens is 2. The van der Waals surface area contributed by atoms with Gasteiger partial charge in [-0.25, -0.2) is 4.98 Å². The lowest BCUT2D eigenvalue weighted by Crippen LogP contribution is -2.31. The molecular formula is C17H23N3O. The summed E-state index contributed by atoms with van der Waals surface area (Å²) in [7, 11) is 2.05. The number of rotatable bonds is 7. The molecule has 0 saturated heterocycles. The Balaban J connectivity index is 1.59. The first-order chi connectivity index (χ1) is 10.2. The van der Waals surface area contributed by atoms with Crippen LogP contribution in [0.25, 0.3) is 0 Å². The van der Waals surface area contributed by atoms with E-state index in [1.54, 1.807) is 0 Å². The summed E-state index contributed by atoms with van der Waals surface area (Å²) >= 11 is 0. The van der Waals surface area contributed by atoms with Gasteiger partial charge in [-0.3, -0.25) is 4.90 Å². The second-order valence-electron chi connectivity index (χ2n) is 6.06. The highest BCUT2D eigenvalue weighted by Crippen LogP contribution is 2.32. The molecule has 1 heterocycles. The average molecular weight is 285 g/mol. The highest BCUT2D eigenvalue weighted by Gasteiger charge is 2.30. The molecule has 21 heavy (non-hydrogen) atoms. The molecule has 1 aromatic heterocycles. The number of hydrogen-bond acceptors (Lipinski definition) is 3. The maximum absolute atomic E-state index is 10.0. The van der Waals surface area contributed by atoms with Crippen molar-refractivity contribution in [2.45, 2.75) is 32.0 Å². The zero-order valence-corrected chi connectivity index (χ0v) is 12.5. The van der Waals surface area contributed by atoms with Crippen molar-refractivity contribution in [2.24, 2.45) is 5.92 Å². The molecule has 0 bridgehead atoms. The highest BCUT2D eigenvalue weighted by atomic mass is 16.3. The zero-order chi connectivity index (χ0) is 14.7. The van der Waals surface area contributed by atoms with E-state index in [4.69, 9.17) is 0 Å². The first-order valence-electron chi connectivity index (χ1n) is 7.63.